The molecule has 0 aliphatic carbocycles. The molecule has 0 aliphatic heterocycles. The molecule has 9 heteroatoms. The first-order valence-corrected chi connectivity index (χ1v) is 11.8. The van der Waals surface area contributed by atoms with E-state index >= 15 is 0 Å². The number of esters is 2. The number of benzene rings is 2. The maximum Gasteiger partial charge on any atom is 0.338 e. The lowest BCUT2D eigenvalue weighted by Crippen LogP contribution is -2.21. The molecule has 0 radical (unpaired) electrons. The van der Waals surface area contributed by atoms with E-state index in [-0.39, 0.29) is 24.5 Å². The molecule has 1 atom stereocenters. The summed E-state index contributed by atoms with van der Waals surface area (Å²) in [6, 6.07) is 9.83. The number of ether oxygens (including phenoxy) is 6. The van der Waals surface area contributed by atoms with Crippen LogP contribution in [-0.2, 0) is 9.47 Å². The van der Waals surface area contributed by atoms with Crippen LogP contribution in [0.5, 0.6) is 23.0 Å². The first kappa shape index (κ1) is 28.8. The van der Waals surface area contributed by atoms with Gasteiger partial charge in [0, 0.05) is 13.0 Å². The van der Waals surface area contributed by atoms with Gasteiger partial charge in [0.25, 0.3) is 0 Å². The van der Waals surface area contributed by atoms with Crippen LogP contribution in [0.1, 0.15) is 53.8 Å². The first-order chi connectivity index (χ1) is 17.3. The highest BCUT2D eigenvalue weighted by Gasteiger charge is 2.21. The Morgan fingerprint density at radius 1 is 0.889 bits per heavy atom. The molecule has 36 heavy (non-hydrogen) atoms. The highest BCUT2D eigenvalue weighted by molar-refractivity contribution is 5.91. The number of rotatable bonds is 15. The molecule has 1 N–H and O–H groups in total. The number of aliphatic hydroxyl groups is 1. The van der Waals surface area contributed by atoms with Gasteiger partial charge in [0.2, 0.25) is 5.75 Å². The summed E-state index contributed by atoms with van der Waals surface area (Å²) in [5.74, 6) is 0.887. The minimum atomic E-state index is -0.568. The average Bonchev–Trinajstić information content (AvgIpc) is 2.88. The van der Waals surface area contributed by atoms with Crippen LogP contribution >= 0.6 is 0 Å². The Hall–Kier alpha value is -3.46. The molecule has 1 unspecified atom stereocenters. The molecular formula is C27H36O9. The van der Waals surface area contributed by atoms with Crippen LogP contribution in [-0.4, -0.2) is 64.3 Å². The van der Waals surface area contributed by atoms with Crippen LogP contribution in [0.25, 0.3) is 0 Å². The summed E-state index contributed by atoms with van der Waals surface area (Å²) in [5, 5.41) is 9.42. The summed E-state index contributed by atoms with van der Waals surface area (Å²) >= 11 is 0. The van der Waals surface area contributed by atoms with Gasteiger partial charge in [-0.1, -0.05) is 19.9 Å². The normalized spacial score (nSPS) is 11.5. The summed E-state index contributed by atoms with van der Waals surface area (Å²) < 4.78 is 32.5. The van der Waals surface area contributed by atoms with E-state index in [4.69, 9.17) is 28.4 Å². The molecule has 0 saturated carbocycles. The fourth-order valence-corrected chi connectivity index (χ4v) is 3.36. The molecule has 0 aliphatic rings. The fraction of sp³-hybridized carbons (Fsp3) is 0.481. The van der Waals surface area contributed by atoms with Crippen LogP contribution in [0, 0.1) is 5.92 Å². The van der Waals surface area contributed by atoms with Gasteiger partial charge in [-0.3, -0.25) is 0 Å². The average molecular weight is 505 g/mol. The van der Waals surface area contributed by atoms with E-state index in [1.807, 2.05) is 13.8 Å². The second-order valence-corrected chi connectivity index (χ2v) is 8.46. The summed E-state index contributed by atoms with van der Waals surface area (Å²) in [6.45, 7) is 4.51. The van der Waals surface area contributed by atoms with E-state index in [2.05, 4.69) is 0 Å². The van der Waals surface area contributed by atoms with E-state index in [9.17, 15) is 14.7 Å². The summed E-state index contributed by atoms with van der Waals surface area (Å²) in [4.78, 5) is 24.9. The van der Waals surface area contributed by atoms with Crippen molar-refractivity contribution < 1.29 is 43.1 Å². The van der Waals surface area contributed by atoms with E-state index in [1.165, 1.54) is 33.5 Å². The topological polar surface area (TPSA) is 110 Å². The third-order valence-corrected chi connectivity index (χ3v) is 5.18. The van der Waals surface area contributed by atoms with E-state index < -0.39 is 18.0 Å². The zero-order chi connectivity index (χ0) is 26.5. The Morgan fingerprint density at radius 3 is 2.17 bits per heavy atom. The molecule has 0 heterocycles. The van der Waals surface area contributed by atoms with Gasteiger partial charge in [-0.25, -0.2) is 9.59 Å². The summed E-state index contributed by atoms with van der Waals surface area (Å²) in [7, 11) is 4.41. The Kier molecular flexibility index (Phi) is 11.9. The minimum Gasteiger partial charge on any atom is -0.494 e. The third kappa shape index (κ3) is 8.64. The smallest absolute Gasteiger partial charge is 0.338 e. The Balaban J connectivity index is 1.93. The Bertz CT molecular complexity index is 962. The highest BCUT2D eigenvalue weighted by Crippen LogP contribution is 2.38. The van der Waals surface area contributed by atoms with Crippen molar-refractivity contribution in [2.75, 3.05) is 41.2 Å². The van der Waals surface area contributed by atoms with Crippen molar-refractivity contribution in [1.29, 1.82) is 0 Å². The summed E-state index contributed by atoms with van der Waals surface area (Å²) in [6.07, 6.45) is 0.817. The van der Waals surface area contributed by atoms with Crippen LogP contribution in [0.4, 0.5) is 0 Å². The van der Waals surface area contributed by atoms with Gasteiger partial charge in [0.05, 0.1) is 45.7 Å². The monoisotopic (exact) mass is 504 g/mol. The Labute approximate surface area is 212 Å². The number of hydrogen-bond acceptors (Lipinski definition) is 9. The predicted octanol–water partition coefficient (Wildman–Crippen LogP) is 4.29. The molecule has 0 saturated heterocycles. The molecule has 0 amide bonds. The molecule has 0 bridgehead atoms. The van der Waals surface area contributed by atoms with Crippen LogP contribution in [0.3, 0.4) is 0 Å². The van der Waals surface area contributed by atoms with E-state index in [1.54, 1.807) is 24.3 Å². The van der Waals surface area contributed by atoms with Gasteiger partial charge in [-0.05, 0) is 49.1 Å². The van der Waals surface area contributed by atoms with E-state index in [0.29, 0.717) is 54.6 Å². The molecule has 0 aromatic heterocycles. The molecule has 9 nitrogen and oxygen atoms in total. The molecule has 2 aromatic rings. The van der Waals surface area contributed by atoms with Crippen LogP contribution < -0.4 is 18.9 Å². The lowest BCUT2D eigenvalue weighted by Gasteiger charge is -2.18. The standard InChI is InChI=1S/C27H36O9/c1-18(2)17-35-26(29)19-8-6-9-22(14-19)34-13-7-10-21(11-12-28)36-27(30)20-15-23(31-3)25(33-5)24(16-20)32-4/h6,8-9,14-16,18,21,28H,7,10-13,17H2,1-5H3. The number of carbonyl (C=O) groups is 2. The second-order valence-electron chi connectivity index (χ2n) is 8.46. The third-order valence-electron chi connectivity index (χ3n) is 5.18. The van der Waals surface area contributed by atoms with Gasteiger partial charge in [0.1, 0.15) is 11.9 Å². The maximum absolute atomic E-state index is 12.8. The second kappa shape index (κ2) is 14.8. The Morgan fingerprint density at radius 2 is 1.58 bits per heavy atom. The van der Waals surface area contributed by atoms with Crippen molar-refractivity contribution in [3.8, 4) is 23.0 Å². The van der Waals surface area contributed by atoms with Gasteiger partial charge in [-0.2, -0.15) is 0 Å². The van der Waals surface area contributed by atoms with Crippen molar-refractivity contribution in [3.63, 3.8) is 0 Å². The SMILES string of the molecule is COc1cc(C(=O)OC(CCO)CCCOc2cccc(C(=O)OCC(C)C)c2)cc(OC)c1OC. The highest BCUT2D eigenvalue weighted by atomic mass is 16.5. The first-order valence-electron chi connectivity index (χ1n) is 11.8. The molecule has 2 rings (SSSR count). The molecule has 0 fully saturated rings. The minimum absolute atomic E-state index is 0.130. The number of carbonyl (C=O) groups excluding carboxylic acids is 2. The number of aliphatic hydroxyl groups excluding tert-OH is 1. The van der Waals surface area contributed by atoms with Gasteiger partial charge < -0.3 is 33.5 Å². The molecule has 2 aromatic carbocycles. The number of hydrogen-bond donors (Lipinski definition) is 1. The van der Waals surface area contributed by atoms with Crippen LogP contribution in [0.15, 0.2) is 36.4 Å². The van der Waals surface area contributed by atoms with Crippen molar-refractivity contribution in [3.05, 3.63) is 47.5 Å². The predicted molar refractivity (Wildman–Crippen MR) is 133 cm³/mol. The van der Waals surface area contributed by atoms with Crippen molar-refractivity contribution >= 4 is 11.9 Å². The lowest BCUT2D eigenvalue weighted by molar-refractivity contribution is 0.0205. The van der Waals surface area contributed by atoms with E-state index in [0.717, 1.165) is 0 Å². The largest absolute Gasteiger partial charge is 0.494 e. The zero-order valence-electron chi connectivity index (χ0n) is 21.6. The van der Waals surface area contributed by atoms with Gasteiger partial charge in [0.15, 0.2) is 11.5 Å². The molecule has 0 spiro atoms. The lowest BCUT2D eigenvalue weighted by atomic mass is 10.1. The van der Waals surface area contributed by atoms with Crippen LogP contribution in [0.2, 0.25) is 0 Å². The van der Waals surface area contributed by atoms with Crippen molar-refractivity contribution in [1.82, 2.24) is 0 Å². The fourth-order valence-electron chi connectivity index (χ4n) is 3.36. The molecular weight excluding hydrogens is 468 g/mol. The summed E-state index contributed by atoms with van der Waals surface area (Å²) in [5.41, 5.74) is 0.662. The van der Waals surface area contributed by atoms with Crippen molar-refractivity contribution in [2.45, 2.75) is 39.2 Å². The maximum atomic E-state index is 12.8. The number of methoxy groups -OCH3 is 3. The van der Waals surface area contributed by atoms with Gasteiger partial charge >= 0.3 is 11.9 Å². The van der Waals surface area contributed by atoms with Gasteiger partial charge in [-0.15, -0.1) is 0 Å². The molecule has 198 valence electrons. The van der Waals surface area contributed by atoms with Crippen molar-refractivity contribution in [2.24, 2.45) is 5.92 Å². The quantitative estimate of drug-likeness (QED) is 0.280. The zero-order valence-corrected chi connectivity index (χ0v) is 21.6.